The van der Waals surface area contributed by atoms with E-state index in [1.54, 1.807) is 0 Å². The summed E-state index contributed by atoms with van der Waals surface area (Å²) in [5.41, 5.74) is 7.14. The molecule has 0 unspecified atom stereocenters. The fourth-order valence-electron chi connectivity index (χ4n) is 2.42. The van der Waals surface area contributed by atoms with Gasteiger partial charge in [-0.3, -0.25) is 4.79 Å². The van der Waals surface area contributed by atoms with Gasteiger partial charge in [-0.1, -0.05) is 51.1 Å². The summed E-state index contributed by atoms with van der Waals surface area (Å²) in [5, 5.41) is 3.06. The molecule has 1 aliphatic carbocycles. The van der Waals surface area contributed by atoms with Gasteiger partial charge in [-0.15, -0.1) is 0 Å². The van der Waals surface area contributed by atoms with Crippen molar-refractivity contribution in [3.8, 4) is 0 Å². The highest BCUT2D eigenvalue weighted by molar-refractivity contribution is 5.82. The largest absolute Gasteiger partial charge is 0.352 e. The second kappa shape index (κ2) is 5.33. The van der Waals surface area contributed by atoms with Crippen LogP contribution in [-0.2, 0) is 4.79 Å². The van der Waals surface area contributed by atoms with Crippen LogP contribution < -0.4 is 11.1 Å². The smallest absolute Gasteiger partial charge is 0.237 e. The van der Waals surface area contributed by atoms with Crippen LogP contribution in [0.2, 0.25) is 0 Å². The number of hydrogen-bond acceptors (Lipinski definition) is 2. The van der Waals surface area contributed by atoms with Gasteiger partial charge >= 0.3 is 0 Å². The van der Waals surface area contributed by atoms with Gasteiger partial charge in [0.2, 0.25) is 5.91 Å². The molecular formula is C16H24N2O. The number of nitrogens with two attached hydrogens (primary N) is 1. The molecule has 1 atom stereocenters. The first kappa shape index (κ1) is 14.1. The summed E-state index contributed by atoms with van der Waals surface area (Å²) in [6.07, 6.45) is 2.04. The second-order valence-electron chi connectivity index (χ2n) is 6.63. The van der Waals surface area contributed by atoms with Gasteiger partial charge in [0.05, 0.1) is 6.04 Å². The lowest BCUT2D eigenvalue weighted by molar-refractivity contribution is -0.125. The second-order valence-corrected chi connectivity index (χ2v) is 6.63. The molecule has 1 fully saturated rings. The summed E-state index contributed by atoms with van der Waals surface area (Å²) in [6, 6.07) is 10.3. The summed E-state index contributed by atoms with van der Waals surface area (Å²) in [4.78, 5) is 12.0. The van der Waals surface area contributed by atoms with Crippen LogP contribution in [0.25, 0.3) is 0 Å². The first-order chi connectivity index (χ1) is 8.88. The van der Waals surface area contributed by atoms with Crippen molar-refractivity contribution in [1.29, 1.82) is 0 Å². The lowest BCUT2D eigenvalue weighted by Crippen LogP contribution is -2.53. The van der Waals surface area contributed by atoms with Crippen molar-refractivity contribution in [3.05, 3.63) is 35.9 Å². The van der Waals surface area contributed by atoms with Crippen LogP contribution >= 0.6 is 0 Å². The van der Waals surface area contributed by atoms with Crippen molar-refractivity contribution in [2.24, 2.45) is 11.1 Å². The number of rotatable bonds is 3. The number of nitrogens with one attached hydrogen (secondary N) is 1. The van der Waals surface area contributed by atoms with Crippen molar-refractivity contribution >= 4 is 5.91 Å². The van der Waals surface area contributed by atoms with E-state index in [-0.39, 0.29) is 17.4 Å². The molecule has 0 radical (unpaired) electrons. The third-order valence-electron chi connectivity index (χ3n) is 3.97. The minimum atomic E-state index is -0.441. The summed E-state index contributed by atoms with van der Waals surface area (Å²) in [7, 11) is 0. The van der Waals surface area contributed by atoms with Gasteiger partial charge < -0.3 is 11.1 Å². The summed E-state index contributed by atoms with van der Waals surface area (Å²) >= 11 is 0. The van der Waals surface area contributed by atoms with E-state index >= 15 is 0 Å². The molecule has 0 heterocycles. The molecule has 1 aliphatic rings. The third kappa shape index (κ3) is 3.35. The molecule has 0 aromatic heterocycles. The van der Waals surface area contributed by atoms with Crippen LogP contribution in [0, 0.1) is 5.41 Å². The van der Waals surface area contributed by atoms with Crippen LogP contribution in [0.15, 0.2) is 30.3 Å². The first-order valence-corrected chi connectivity index (χ1v) is 6.99. The fraction of sp³-hybridized carbons (Fsp3) is 0.562. The monoisotopic (exact) mass is 260 g/mol. The van der Waals surface area contributed by atoms with Crippen molar-refractivity contribution in [2.75, 3.05) is 0 Å². The van der Waals surface area contributed by atoms with Gasteiger partial charge in [-0.2, -0.15) is 0 Å². The van der Waals surface area contributed by atoms with E-state index in [1.165, 1.54) is 5.56 Å². The topological polar surface area (TPSA) is 55.1 Å². The number of carbonyl (C=O) groups is 1. The molecular weight excluding hydrogens is 236 g/mol. The molecule has 0 spiro atoms. The molecule has 0 saturated heterocycles. The van der Waals surface area contributed by atoms with Crippen LogP contribution in [-0.4, -0.2) is 18.0 Å². The quantitative estimate of drug-likeness (QED) is 0.877. The van der Waals surface area contributed by atoms with Crippen molar-refractivity contribution in [1.82, 2.24) is 5.32 Å². The molecule has 3 nitrogen and oxygen atoms in total. The van der Waals surface area contributed by atoms with Gasteiger partial charge in [0.15, 0.2) is 0 Å². The Morgan fingerprint density at radius 2 is 1.84 bits per heavy atom. The van der Waals surface area contributed by atoms with Gasteiger partial charge in [0.1, 0.15) is 0 Å². The van der Waals surface area contributed by atoms with Crippen LogP contribution in [0.4, 0.5) is 0 Å². The van der Waals surface area contributed by atoms with Gasteiger partial charge in [0.25, 0.3) is 0 Å². The average molecular weight is 260 g/mol. The molecule has 1 amide bonds. The predicted octanol–water partition coefficient (Wildman–Crippen LogP) is 2.42. The molecule has 104 valence electrons. The van der Waals surface area contributed by atoms with Gasteiger partial charge in [-0.05, 0) is 29.7 Å². The molecule has 19 heavy (non-hydrogen) atoms. The molecule has 1 saturated carbocycles. The SMILES string of the molecule is CC(C)(C)[C@H](N)C(=O)NC1CC(c2ccccc2)C1. The lowest BCUT2D eigenvalue weighted by Gasteiger charge is -2.38. The van der Waals surface area contributed by atoms with E-state index in [2.05, 4.69) is 29.6 Å². The maximum absolute atomic E-state index is 12.0. The summed E-state index contributed by atoms with van der Waals surface area (Å²) in [5.74, 6) is 0.557. The Kier molecular flexibility index (Phi) is 3.95. The average Bonchev–Trinajstić information content (AvgIpc) is 2.32. The molecule has 1 aromatic rings. The Morgan fingerprint density at radius 3 is 2.37 bits per heavy atom. The normalized spacial score (nSPS) is 24.4. The number of carbonyl (C=O) groups excluding carboxylic acids is 1. The predicted molar refractivity (Wildman–Crippen MR) is 77.8 cm³/mol. The Morgan fingerprint density at radius 1 is 1.26 bits per heavy atom. The molecule has 1 aromatic carbocycles. The zero-order valence-corrected chi connectivity index (χ0v) is 12.0. The van der Waals surface area contributed by atoms with Crippen molar-refractivity contribution in [3.63, 3.8) is 0 Å². The Hall–Kier alpha value is -1.35. The Balaban J connectivity index is 1.81. The molecule has 0 bridgehead atoms. The third-order valence-corrected chi connectivity index (χ3v) is 3.97. The lowest BCUT2D eigenvalue weighted by atomic mass is 9.75. The summed E-state index contributed by atoms with van der Waals surface area (Å²) in [6.45, 7) is 5.97. The maximum Gasteiger partial charge on any atom is 0.237 e. The minimum Gasteiger partial charge on any atom is -0.352 e. The summed E-state index contributed by atoms with van der Waals surface area (Å²) < 4.78 is 0. The van der Waals surface area contributed by atoms with Crippen LogP contribution in [0.3, 0.4) is 0 Å². The van der Waals surface area contributed by atoms with E-state index < -0.39 is 6.04 Å². The standard InChI is InChI=1S/C16H24N2O/c1-16(2,3)14(17)15(19)18-13-9-12(10-13)11-7-5-4-6-8-11/h4-8,12-14H,9-10,17H2,1-3H3,(H,18,19)/t12?,13?,14-/m1/s1. The highest BCUT2D eigenvalue weighted by Gasteiger charge is 2.34. The van der Waals surface area contributed by atoms with Gasteiger partial charge in [0, 0.05) is 6.04 Å². The molecule has 3 N–H and O–H groups in total. The molecule has 2 rings (SSSR count). The maximum atomic E-state index is 12.0. The highest BCUT2D eigenvalue weighted by atomic mass is 16.2. The zero-order chi connectivity index (χ0) is 14.0. The number of hydrogen-bond donors (Lipinski definition) is 2. The van der Waals surface area contributed by atoms with E-state index in [1.807, 2.05) is 26.8 Å². The Labute approximate surface area is 115 Å². The van der Waals surface area contributed by atoms with Crippen molar-refractivity contribution < 1.29 is 4.79 Å². The fourth-order valence-corrected chi connectivity index (χ4v) is 2.42. The van der Waals surface area contributed by atoms with Crippen LogP contribution in [0.1, 0.15) is 45.1 Å². The Bertz CT molecular complexity index is 430. The molecule has 0 aliphatic heterocycles. The minimum absolute atomic E-state index is 0.0241. The zero-order valence-electron chi connectivity index (χ0n) is 12.0. The highest BCUT2D eigenvalue weighted by Crippen LogP contribution is 2.36. The van der Waals surface area contributed by atoms with E-state index in [4.69, 9.17) is 5.73 Å². The van der Waals surface area contributed by atoms with Gasteiger partial charge in [-0.25, -0.2) is 0 Å². The van der Waals surface area contributed by atoms with E-state index in [9.17, 15) is 4.79 Å². The van der Waals surface area contributed by atoms with Crippen molar-refractivity contribution in [2.45, 2.75) is 51.6 Å². The van der Waals surface area contributed by atoms with E-state index in [0.29, 0.717) is 5.92 Å². The molecule has 3 heteroatoms. The number of amides is 1. The first-order valence-electron chi connectivity index (χ1n) is 6.99. The van der Waals surface area contributed by atoms with Crippen LogP contribution in [0.5, 0.6) is 0 Å². The number of benzene rings is 1. The van der Waals surface area contributed by atoms with E-state index in [0.717, 1.165) is 12.8 Å².